The van der Waals surface area contributed by atoms with E-state index in [2.05, 4.69) is 24.8 Å². The number of thioether (sulfide) groups is 1. The standard InChI is InChI=1S/C25H32N4O3S2/c1-5-28-22(27-12-15(2)9-16(3)13-27)19(17(4)20(11-26)23(28)30)10-21-24(31)29(25(33)34-21)14-18-7-6-8-32-18/h10,15-16,18H,5-9,12-14H2,1-4H3/b21-10-. The first kappa shape index (κ1) is 25.0. The van der Waals surface area contributed by atoms with Gasteiger partial charge in [0.2, 0.25) is 0 Å². The van der Waals surface area contributed by atoms with Gasteiger partial charge in [0.15, 0.2) is 0 Å². The molecular formula is C25H32N4O3S2. The van der Waals surface area contributed by atoms with Gasteiger partial charge in [-0.1, -0.05) is 37.8 Å². The van der Waals surface area contributed by atoms with Crippen LogP contribution in [-0.4, -0.2) is 52.0 Å². The van der Waals surface area contributed by atoms with Gasteiger partial charge in [-0.3, -0.25) is 19.1 Å². The molecule has 3 fully saturated rings. The highest BCUT2D eigenvalue weighted by molar-refractivity contribution is 8.26. The number of pyridine rings is 1. The Labute approximate surface area is 210 Å². The molecule has 0 saturated carbocycles. The van der Waals surface area contributed by atoms with E-state index in [1.807, 2.05) is 13.0 Å². The van der Waals surface area contributed by atoms with E-state index in [1.165, 1.54) is 11.8 Å². The first-order valence-corrected chi connectivity index (χ1v) is 13.3. The Morgan fingerprint density at radius 1 is 1.26 bits per heavy atom. The number of ether oxygens (including phenoxy) is 1. The number of nitriles is 1. The number of carbonyl (C=O) groups excluding carboxylic acids is 1. The van der Waals surface area contributed by atoms with E-state index in [1.54, 1.807) is 16.4 Å². The van der Waals surface area contributed by atoms with Crippen molar-refractivity contribution < 1.29 is 9.53 Å². The zero-order chi connectivity index (χ0) is 24.6. The van der Waals surface area contributed by atoms with Crippen LogP contribution in [0.1, 0.15) is 56.7 Å². The van der Waals surface area contributed by atoms with E-state index in [0.29, 0.717) is 39.7 Å². The Balaban J connectivity index is 1.81. The molecule has 9 heteroatoms. The number of thiocarbonyl (C=S) groups is 1. The SMILES string of the molecule is CCn1c(N2CC(C)CC(C)C2)c(/C=C2\SC(=S)N(CC3CCCO3)C2=O)c(C)c(C#N)c1=O. The molecule has 3 saturated heterocycles. The van der Waals surface area contributed by atoms with Crippen molar-refractivity contribution in [1.29, 1.82) is 5.26 Å². The van der Waals surface area contributed by atoms with Crippen LogP contribution in [0.4, 0.5) is 5.82 Å². The van der Waals surface area contributed by atoms with Crippen molar-refractivity contribution in [2.45, 2.75) is 59.6 Å². The van der Waals surface area contributed by atoms with E-state index in [9.17, 15) is 14.9 Å². The summed E-state index contributed by atoms with van der Waals surface area (Å²) in [6, 6.07) is 2.10. The first-order valence-electron chi connectivity index (χ1n) is 12.0. The third-order valence-electron chi connectivity index (χ3n) is 6.89. The minimum Gasteiger partial charge on any atom is -0.376 e. The van der Waals surface area contributed by atoms with Crippen LogP contribution >= 0.6 is 24.0 Å². The van der Waals surface area contributed by atoms with Crippen molar-refractivity contribution in [2.24, 2.45) is 11.8 Å². The molecule has 0 aliphatic carbocycles. The predicted octanol–water partition coefficient (Wildman–Crippen LogP) is 3.91. The Morgan fingerprint density at radius 3 is 2.56 bits per heavy atom. The largest absolute Gasteiger partial charge is 0.376 e. The first-order chi connectivity index (χ1) is 16.2. The molecule has 0 aromatic carbocycles. The molecule has 3 atom stereocenters. The second-order valence-corrected chi connectivity index (χ2v) is 11.4. The lowest BCUT2D eigenvalue weighted by Crippen LogP contribution is -2.42. The third-order valence-corrected chi connectivity index (χ3v) is 8.27. The third kappa shape index (κ3) is 4.68. The number of anilines is 1. The number of piperidine rings is 1. The molecule has 182 valence electrons. The van der Waals surface area contributed by atoms with Crippen LogP contribution < -0.4 is 10.5 Å². The van der Waals surface area contributed by atoms with Crippen LogP contribution in [0.5, 0.6) is 0 Å². The smallest absolute Gasteiger partial charge is 0.270 e. The molecule has 4 rings (SSSR count). The second-order valence-electron chi connectivity index (χ2n) is 9.68. The van der Waals surface area contributed by atoms with Gasteiger partial charge in [-0.15, -0.1) is 0 Å². The van der Waals surface area contributed by atoms with Gasteiger partial charge in [-0.25, -0.2) is 0 Å². The van der Waals surface area contributed by atoms with E-state index in [4.69, 9.17) is 17.0 Å². The number of amides is 1. The summed E-state index contributed by atoms with van der Waals surface area (Å²) >= 11 is 6.82. The lowest BCUT2D eigenvalue weighted by atomic mass is 9.91. The average Bonchev–Trinajstić information content (AvgIpc) is 3.39. The van der Waals surface area contributed by atoms with Crippen LogP contribution in [0.3, 0.4) is 0 Å². The van der Waals surface area contributed by atoms with Crippen LogP contribution in [0.25, 0.3) is 6.08 Å². The predicted molar refractivity (Wildman–Crippen MR) is 140 cm³/mol. The summed E-state index contributed by atoms with van der Waals surface area (Å²) in [5.41, 5.74) is 1.23. The molecule has 1 aromatic heterocycles. The van der Waals surface area contributed by atoms with Crippen molar-refractivity contribution >= 4 is 46.1 Å². The van der Waals surface area contributed by atoms with E-state index < -0.39 is 0 Å². The normalized spacial score (nSPS) is 26.6. The van der Waals surface area contributed by atoms with Crippen LogP contribution in [0.15, 0.2) is 9.70 Å². The number of nitrogens with zero attached hydrogens (tertiary/aromatic N) is 4. The van der Waals surface area contributed by atoms with Crippen LogP contribution in [0, 0.1) is 30.1 Å². The number of carbonyl (C=O) groups is 1. The molecule has 3 unspecified atom stereocenters. The Bertz CT molecular complexity index is 1120. The van der Waals surface area contributed by atoms with Crippen LogP contribution in [-0.2, 0) is 16.1 Å². The summed E-state index contributed by atoms with van der Waals surface area (Å²) in [6.45, 7) is 11.5. The minimum atomic E-state index is -0.272. The lowest BCUT2D eigenvalue weighted by molar-refractivity contribution is -0.123. The average molecular weight is 501 g/mol. The van der Waals surface area contributed by atoms with Gasteiger partial charge in [0.05, 0.1) is 17.6 Å². The number of hydrogen-bond acceptors (Lipinski definition) is 7. The van der Waals surface area contributed by atoms with Gasteiger partial charge in [0.25, 0.3) is 11.5 Å². The van der Waals surface area contributed by atoms with E-state index >= 15 is 0 Å². The minimum absolute atomic E-state index is 0.0164. The molecule has 0 bridgehead atoms. The Morgan fingerprint density at radius 2 is 1.97 bits per heavy atom. The second kappa shape index (κ2) is 10.2. The van der Waals surface area contributed by atoms with E-state index in [0.717, 1.165) is 50.3 Å². The lowest BCUT2D eigenvalue weighted by Gasteiger charge is -2.38. The molecule has 1 amide bonds. The van der Waals surface area contributed by atoms with E-state index in [-0.39, 0.29) is 23.1 Å². The van der Waals surface area contributed by atoms with Crippen LogP contribution in [0.2, 0.25) is 0 Å². The van der Waals surface area contributed by atoms with Gasteiger partial charge in [0, 0.05) is 31.8 Å². The molecule has 7 nitrogen and oxygen atoms in total. The fourth-order valence-corrected chi connectivity index (χ4v) is 6.65. The van der Waals surface area contributed by atoms with Crippen molar-refractivity contribution in [3.63, 3.8) is 0 Å². The number of aromatic nitrogens is 1. The maximum atomic E-state index is 13.3. The van der Waals surface area contributed by atoms with Gasteiger partial charge in [0.1, 0.15) is 21.8 Å². The quantitative estimate of drug-likeness (QED) is 0.448. The summed E-state index contributed by atoms with van der Waals surface area (Å²) in [7, 11) is 0. The Hall–Kier alpha value is -2.15. The van der Waals surface area contributed by atoms with Gasteiger partial charge in [-0.2, -0.15) is 5.26 Å². The molecule has 3 aliphatic rings. The maximum Gasteiger partial charge on any atom is 0.270 e. The molecule has 3 aliphatic heterocycles. The van der Waals surface area contributed by atoms with Gasteiger partial charge >= 0.3 is 0 Å². The highest BCUT2D eigenvalue weighted by Gasteiger charge is 2.36. The fourth-order valence-electron chi connectivity index (χ4n) is 5.39. The number of rotatable bonds is 5. The maximum absolute atomic E-state index is 13.3. The zero-order valence-corrected chi connectivity index (χ0v) is 21.9. The molecule has 0 radical (unpaired) electrons. The van der Waals surface area contributed by atoms with Gasteiger partial charge < -0.3 is 9.64 Å². The fraction of sp³-hybridized carbons (Fsp3) is 0.600. The van der Waals surface area contributed by atoms with Gasteiger partial charge in [-0.05, 0) is 56.6 Å². The molecule has 4 heterocycles. The van der Waals surface area contributed by atoms with Crippen molar-refractivity contribution in [3.8, 4) is 6.07 Å². The topological polar surface area (TPSA) is 78.6 Å². The summed E-state index contributed by atoms with van der Waals surface area (Å²) in [5.74, 6) is 1.63. The zero-order valence-electron chi connectivity index (χ0n) is 20.3. The number of hydrogen-bond donors (Lipinski definition) is 0. The highest BCUT2D eigenvalue weighted by Crippen LogP contribution is 2.37. The molecular weight excluding hydrogens is 468 g/mol. The monoisotopic (exact) mass is 500 g/mol. The highest BCUT2D eigenvalue weighted by atomic mass is 32.2. The summed E-state index contributed by atoms with van der Waals surface area (Å²) in [5, 5.41) is 9.77. The summed E-state index contributed by atoms with van der Waals surface area (Å²) in [4.78, 5) is 31.0. The van der Waals surface area contributed by atoms with Crippen molar-refractivity contribution in [2.75, 3.05) is 31.1 Å². The molecule has 0 N–H and O–H groups in total. The molecule has 1 aromatic rings. The molecule has 34 heavy (non-hydrogen) atoms. The van der Waals surface area contributed by atoms with Crippen molar-refractivity contribution in [3.05, 3.63) is 31.9 Å². The summed E-state index contributed by atoms with van der Waals surface area (Å²) < 4.78 is 7.93. The van der Waals surface area contributed by atoms with Crippen molar-refractivity contribution in [1.82, 2.24) is 9.47 Å². The molecule has 0 spiro atoms. The Kier molecular flexibility index (Phi) is 7.51. The summed E-state index contributed by atoms with van der Waals surface area (Å²) in [6.07, 6.45) is 4.93.